The summed E-state index contributed by atoms with van der Waals surface area (Å²) in [6, 6.07) is 6.38. The topological polar surface area (TPSA) is 75.4 Å². The van der Waals surface area contributed by atoms with Gasteiger partial charge in [-0.1, -0.05) is 18.2 Å². The summed E-state index contributed by atoms with van der Waals surface area (Å²) >= 11 is 0. The van der Waals surface area contributed by atoms with Gasteiger partial charge < -0.3 is 16.2 Å². The molecule has 1 aromatic rings. The zero-order chi connectivity index (χ0) is 12.7. The van der Waals surface area contributed by atoms with Gasteiger partial charge in [0, 0.05) is 6.54 Å². The molecule has 4 N–H and O–H groups in total. The van der Waals surface area contributed by atoms with E-state index in [1.807, 2.05) is 12.1 Å². The molecule has 17 heavy (non-hydrogen) atoms. The molecule has 0 heterocycles. The van der Waals surface area contributed by atoms with Crippen molar-refractivity contribution in [3.63, 3.8) is 0 Å². The van der Waals surface area contributed by atoms with E-state index in [9.17, 15) is 4.79 Å². The maximum Gasteiger partial charge on any atom is 0.237 e. The molecule has 0 bridgehead atoms. The summed E-state index contributed by atoms with van der Waals surface area (Å²) in [6.07, 6.45) is 2.82. The minimum absolute atomic E-state index is 0.163. The van der Waals surface area contributed by atoms with Crippen LogP contribution < -0.4 is 11.1 Å². The number of aromatic hydroxyl groups is 1. The monoisotopic (exact) mass is 234 g/mol. The molecule has 1 amide bonds. The molecule has 1 aromatic carbocycles. The van der Waals surface area contributed by atoms with Crippen LogP contribution in [0.3, 0.4) is 0 Å². The first kappa shape index (κ1) is 13.3. The van der Waals surface area contributed by atoms with Crippen LogP contribution in [0.15, 0.2) is 36.9 Å². The molecular weight excluding hydrogens is 216 g/mol. The van der Waals surface area contributed by atoms with E-state index >= 15 is 0 Å². The van der Waals surface area contributed by atoms with Crippen LogP contribution >= 0.6 is 0 Å². The van der Waals surface area contributed by atoms with E-state index in [1.54, 1.807) is 18.2 Å². The van der Waals surface area contributed by atoms with Crippen LogP contribution in [0.1, 0.15) is 12.0 Å². The molecule has 0 spiro atoms. The molecule has 0 aliphatic rings. The molecule has 0 aliphatic heterocycles. The first-order valence-electron chi connectivity index (χ1n) is 5.55. The number of nitrogens with one attached hydrogen (secondary N) is 1. The summed E-state index contributed by atoms with van der Waals surface area (Å²) in [4.78, 5) is 11.5. The number of hydrogen-bond acceptors (Lipinski definition) is 3. The van der Waals surface area contributed by atoms with Crippen molar-refractivity contribution in [2.75, 3.05) is 6.54 Å². The Balaban J connectivity index is 2.30. The Bertz CT molecular complexity index is 374. The summed E-state index contributed by atoms with van der Waals surface area (Å²) < 4.78 is 0. The van der Waals surface area contributed by atoms with Gasteiger partial charge >= 0.3 is 0 Å². The normalized spacial score (nSPS) is 11.8. The minimum Gasteiger partial charge on any atom is -0.508 e. The highest BCUT2D eigenvalue weighted by atomic mass is 16.3. The third-order valence-electron chi connectivity index (χ3n) is 2.41. The van der Waals surface area contributed by atoms with Crippen LogP contribution in [0.2, 0.25) is 0 Å². The van der Waals surface area contributed by atoms with Gasteiger partial charge in [-0.2, -0.15) is 0 Å². The Morgan fingerprint density at radius 1 is 1.47 bits per heavy atom. The second kappa shape index (κ2) is 6.70. The van der Waals surface area contributed by atoms with E-state index in [-0.39, 0.29) is 11.7 Å². The molecule has 1 unspecified atom stereocenters. The first-order chi connectivity index (χ1) is 8.13. The van der Waals surface area contributed by atoms with Crippen molar-refractivity contribution < 1.29 is 9.90 Å². The van der Waals surface area contributed by atoms with E-state index in [4.69, 9.17) is 10.8 Å². The largest absolute Gasteiger partial charge is 0.508 e. The molecule has 1 atom stereocenters. The van der Waals surface area contributed by atoms with E-state index in [2.05, 4.69) is 11.9 Å². The second-order valence-corrected chi connectivity index (χ2v) is 3.84. The van der Waals surface area contributed by atoms with Crippen molar-refractivity contribution in [1.82, 2.24) is 5.32 Å². The third kappa shape index (κ3) is 4.70. The Morgan fingerprint density at radius 2 is 2.12 bits per heavy atom. The molecule has 4 heteroatoms. The van der Waals surface area contributed by atoms with Gasteiger partial charge in [0.25, 0.3) is 0 Å². The van der Waals surface area contributed by atoms with E-state index in [0.717, 1.165) is 5.56 Å². The average Bonchev–Trinajstić information content (AvgIpc) is 2.32. The zero-order valence-electron chi connectivity index (χ0n) is 9.73. The summed E-state index contributed by atoms with van der Waals surface area (Å²) in [6.45, 7) is 4.07. The summed E-state index contributed by atoms with van der Waals surface area (Å²) in [5.41, 5.74) is 6.67. The predicted molar refractivity (Wildman–Crippen MR) is 67.6 cm³/mol. The van der Waals surface area contributed by atoms with Gasteiger partial charge in [-0.25, -0.2) is 0 Å². The van der Waals surface area contributed by atoms with Gasteiger partial charge in [0.1, 0.15) is 5.75 Å². The Hall–Kier alpha value is -1.81. The number of carbonyl (C=O) groups excluding carboxylic acids is 1. The number of rotatable bonds is 6. The summed E-state index contributed by atoms with van der Waals surface area (Å²) in [7, 11) is 0. The number of benzene rings is 1. The summed E-state index contributed by atoms with van der Waals surface area (Å²) in [5.74, 6) is 0.0782. The van der Waals surface area contributed by atoms with Crippen LogP contribution in [-0.2, 0) is 11.2 Å². The first-order valence-corrected chi connectivity index (χ1v) is 5.55. The standard InChI is InChI=1S/C13H18N2O2/c1-2-3-12(14)13(17)15-9-8-10-4-6-11(16)7-5-10/h2,4-7,12,16H,1,3,8-9,14H2,(H,15,17). The van der Waals surface area contributed by atoms with Gasteiger partial charge in [-0.3, -0.25) is 4.79 Å². The molecule has 0 radical (unpaired) electrons. The lowest BCUT2D eigenvalue weighted by atomic mass is 10.1. The predicted octanol–water partition coefficient (Wildman–Crippen LogP) is 0.954. The molecule has 0 fully saturated rings. The van der Waals surface area contributed by atoms with Crippen LogP contribution in [0.5, 0.6) is 5.75 Å². The van der Waals surface area contributed by atoms with Crippen LogP contribution in [0, 0.1) is 0 Å². The quantitative estimate of drug-likeness (QED) is 0.642. The number of amides is 1. The molecule has 0 aliphatic carbocycles. The van der Waals surface area contributed by atoms with Crippen molar-refractivity contribution in [3.8, 4) is 5.75 Å². The fraction of sp³-hybridized carbons (Fsp3) is 0.308. The van der Waals surface area contributed by atoms with Crippen LogP contribution in [-0.4, -0.2) is 23.6 Å². The van der Waals surface area contributed by atoms with Crippen molar-refractivity contribution >= 4 is 5.91 Å². The minimum atomic E-state index is -0.521. The van der Waals surface area contributed by atoms with Crippen molar-refractivity contribution in [3.05, 3.63) is 42.5 Å². The third-order valence-corrected chi connectivity index (χ3v) is 2.41. The van der Waals surface area contributed by atoms with Crippen LogP contribution in [0.4, 0.5) is 0 Å². The highest BCUT2D eigenvalue weighted by Gasteiger charge is 2.10. The SMILES string of the molecule is C=CCC(N)C(=O)NCCc1ccc(O)cc1. The molecule has 4 nitrogen and oxygen atoms in total. The second-order valence-electron chi connectivity index (χ2n) is 3.84. The number of phenolic OH excluding ortho intramolecular Hbond substituents is 1. The fourth-order valence-electron chi connectivity index (χ4n) is 1.41. The number of hydrogen-bond donors (Lipinski definition) is 3. The Labute approximate surface area is 101 Å². The van der Waals surface area contributed by atoms with Gasteiger partial charge in [0.15, 0.2) is 0 Å². The zero-order valence-corrected chi connectivity index (χ0v) is 9.73. The van der Waals surface area contributed by atoms with E-state index in [0.29, 0.717) is 19.4 Å². The molecule has 1 rings (SSSR count). The van der Waals surface area contributed by atoms with E-state index in [1.165, 1.54) is 0 Å². The molecule has 0 saturated carbocycles. The Kier molecular flexibility index (Phi) is 5.23. The van der Waals surface area contributed by atoms with E-state index < -0.39 is 6.04 Å². The van der Waals surface area contributed by atoms with Crippen molar-refractivity contribution in [1.29, 1.82) is 0 Å². The maximum atomic E-state index is 11.5. The smallest absolute Gasteiger partial charge is 0.237 e. The Morgan fingerprint density at radius 3 is 2.71 bits per heavy atom. The number of phenols is 1. The van der Waals surface area contributed by atoms with Crippen molar-refractivity contribution in [2.24, 2.45) is 5.73 Å². The average molecular weight is 234 g/mol. The molecule has 92 valence electrons. The highest BCUT2D eigenvalue weighted by molar-refractivity contribution is 5.81. The van der Waals surface area contributed by atoms with Gasteiger partial charge in [0.05, 0.1) is 6.04 Å². The van der Waals surface area contributed by atoms with Gasteiger partial charge in [0.2, 0.25) is 5.91 Å². The molecular formula is C13H18N2O2. The summed E-state index contributed by atoms with van der Waals surface area (Å²) in [5, 5.41) is 11.9. The van der Waals surface area contributed by atoms with Crippen LogP contribution in [0.25, 0.3) is 0 Å². The fourth-order valence-corrected chi connectivity index (χ4v) is 1.41. The lowest BCUT2D eigenvalue weighted by Gasteiger charge is -2.10. The molecule has 0 aromatic heterocycles. The highest BCUT2D eigenvalue weighted by Crippen LogP contribution is 2.09. The van der Waals surface area contributed by atoms with Gasteiger partial charge in [-0.05, 0) is 30.5 Å². The number of carbonyl (C=O) groups is 1. The van der Waals surface area contributed by atoms with Gasteiger partial charge in [-0.15, -0.1) is 6.58 Å². The lowest BCUT2D eigenvalue weighted by molar-refractivity contribution is -0.122. The lowest BCUT2D eigenvalue weighted by Crippen LogP contribution is -2.40. The number of nitrogens with two attached hydrogens (primary N) is 1. The van der Waals surface area contributed by atoms with Crippen molar-refractivity contribution in [2.45, 2.75) is 18.9 Å². The molecule has 0 saturated heterocycles. The maximum absolute atomic E-state index is 11.5.